The van der Waals surface area contributed by atoms with Crippen LogP contribution in [0.1, 0.15) is 39.5 Å². The number of ether oxygens (including phenoxy) is 1. The van der Waals surface area contributed by atoms with Gasteiger partial charge >= 0.3 is 5.69 Å². The summed E-state index contributed by atoms with van der Waals surface area (Å²) < 4.78 is 28.3. The molecular weight excluding hydrogens is 381 g/mol. The number of morpholine rings is 1. The number of aryl methyl sites for hydroxylation is 1. The molecule has 2 N–H and O–H groups in total. The van der Waals surface area contributed by atoms with E-state index in [1.54, 1.807) is 31.9 Å². The second kappa shape index (κ2) is 9.05. The van der Waals surface area contributed by atoms with Gasteiger partial charge in [-0.05, 0) is 34.9 Å². The SMILES string of the molecule is Cc1cn(C2CN(C(C)C)CC(COP(=O)(C(C)C)N(C)C)O2)c(=O)nc1N. The monoisotopic (exact) mass is 415 g/mol. The van der Waals surface area contributed by atoms with E-state index in [0.29, 0.717) is 13.1 Å². The van der Waals surface area contributed by atoms with E-state index >= 15 is 0 Å². The van der Waals surface area contributed by atoms with Gasteiger partial charge in [0.1, 0.15) is 5.82 Å². The summed E-state index contributed by atoms with van der Waals surface area (Å²) in [5, 5.41) is 0. The molecule has 1 aromatic rings. The lowest BCUT2D eigenvalue weighted by atomic mass is 10.2. The highest BCUT2D eigenvalue weighted by molar-refractivity contribution is 7.57. The van der Waals surface area contributed by atoms with Gasteiger partial charge < -0.3 is 15.0 Å². The van der Waals surface area contributed by atoms with Gasteiger partial charge in [0.15, 0.2) is 6.23 Å². The molecule has 1 aliphatic heterocycles. The third-order valence-electron chi connectivity index (χ3n) is 5.05. The molecule has 2 rings (SSSR count). The summed E-state index contributed by atoms with van der Waals surface area (Å²) in [4.78, 5) is 18.5. The fourth-order valence-electron chi connectivity index (χ4n) is 3.21. The van der Waals surface area contributed by atoms with E-state index in [1.807, 2.05) is 13.8 Å². The van der Waals surface area contributed by atoms with Gasteiger partial charge in [0.25, 0.3) is 7.52 Å². The van der Waals surface area contributed by atoms with Crippen LogP contribution in [-0.2, 0) is 13.8 Å². The van der Waals surface area contributed by atoms with Crippen molar-refractivity contribution >= 4 is 13.3 Å². The third-order valence-corrected chi connectivity index (χ3v) is 7.99. The van der Waals surface area contributed by atoms with E-state index in [4.69, 9.17) is 15.0 Å². The molecule has 0 amide bonds. The van der Waals surface area contributed by atoms with Gasteiger partial charge in [-0.25, -0.2) is 9.46 Å². The zero-order valence-electron chi connectivity index (χ0n) is 18.0. The second-order valence-corrected chi connectivity index (χ2v) is 11.3. The van der Waals surface area contributed by atoms with Gasteiger partial charge in [-0.1, -0.05) is 13.8 Å². The van der Waals surface area contributed by atoms with Crippen LogP contribution >= 0.6 is 7.52 Å². The molecule has 0 aliphatic carbocycles. The van der Waals surface area contributed by atoms with Crippen molar-refractivity contribution < 1.29 is 13.8 Å². The van der Waals surface area contributed by atoms with Crippen molar-refractivity contribution in [3.63, 3.8) is 0 Å². The molecule has 10 heteroatoms. The van der Waals surface area contributed by atoms with Crippen LogP contribution in [0.2, 0.25) is 0 Å². The molecule has 9 nitrogen and oxygen atoms in total. The van der Waals surface area contributed by atoms with E-state index in [0.717, 1.165) is 5.56 Å². The van der Waals surface area contributed by atoms with Gasteiger partial charge in [0.05, 0.1) is 12.7 Å². The van der Waals surface area contributed by atoms with E-state index < -0.39 is 19.4 Å². The van der Waals surface area contributed by atoms with E-state index in [2.05, 4.69) is 23.7 Å². The average molecular weight is 415 g/mol. The second-order valence-electron chi connectivity index (χ2n) is 8.06. The van der Waals surface area contributed by atoms with Crippen LogP contribution in [0.15, 0.2) is 11.0 Å². The predicted molar refractivity (Wildman–Crippen MR) is 111 cm³/mol. The van der Waals surface area contributed by atoms with E-state index in [9.17, 15) is 9.36 Å². The Labute approximate surface area is 167 Å². The van der Waals surface area contributed by atoms with Crippen molar-refractivity contribution in [2.45, 2.75) is 58.7 Å². The smallest absolute Gasteiger partial charge is 0.351 e. The Morgan fingerprint density at radius 3 is 2.54 bits per heavy atom. The Morgan fingerprint density at radius 1 is 1.36 bits per heavy atom. The first-order chi connectivity index (χ1) is 13.0. The number of hydrogen-bond donors (Lipinski definition) is 1. The molecule has 0 aromatic carbocycles. The highest BCUT2D eigenvalue weighted by Crippen LogP contribution is 2.53. The van der Waals surface area contributed by atoms with Gasteiger partial charge in [-0.2, -0.15) is 4.98 Å². The molecule has 3 unspecified atom stereocenters. The molecule has 0 radical (unpaired) electrons. The average Bonchev–Trinajstić information content (AvgIpc) is 2.61. The van der Waals surface area contributed by atoms with E-state index in [1.165, 1.54) is 4.57 Å². The van der Waals surface area contributed by atoms with Crippen molar-refractivity contribution in [2.24, 2.45) is 0 Å². The Bertz CT molecular complexity index is 768. The number of hydrogen-bond acceptors (Lipinski definition) is 7. The minimum Gasteiger partial charge on any atom is -0.383 e. The first-order valence-electron chi connectivity index (χ1n) is 9.62. The number of anilines is 1. The van der Waals surface area contributed by atoms with Crippen molar-refractivity contribution in [2.75, 3.05) is 39.5 Å². The Morgan fingerprint density at radius 2 is 2.00 bits per heavy atom. The maximum absolute atomic E-state index is 13.1. The standard InChI is InChI=1S/C18H34N5O4P/c1-12(2)22-9-15(11-26-28(25,13(3)4)21(6)7)27-16(10-22)23-8-14(5)17(19)20-18(23)24/h8,12-13,15-16H,9-11H2,1-7H3,(H2,19,20,24). The predicted octanol–water partition coefficient (Wildman–Crippen LogP) is 1.92. The lowest BCUT2D eigenvalue weighted by molar-refractivity contribution is -0.139. The molecule has 3 atom stereocenters. The molecule has 0 spiro atoms. The number of nitrogens with zero attached hydrogens (tertiary/aromatic N) is 4. The minimum atomic E-state index is -2.95. The molecule has 1 aliphatic rings. The lowest BCUT2D eigenvalue weighted by Gasteiger charge is -2.41. The molecular formula is C18H34N5O4P. The van der Waals surface area contributed by atoms with Gasteiger partial charge in [-0.15, -0.1) is 0 Å². The molecule has 0 bridgehead atoms. The highest BCUT2D eigenvalue weighted by Gasteiger charge is 2.35. The maximum atomic E-state index is 13.1. The van der Waals surface area contributed by atoms with Gasteiger partial charge in [0, 0.05) is 36.6 Å². The summed E-state index contributed by atoms with van der Waals surface area (Å²) in [6, 6.07) is 0.262. The first-order valence-corrected chi connectivity index (χ1v) is 11.3. The summed E-state index contributed by atoms with van der Waals surface area (Å²) in [7, 11) is 0.565. The topological polar surface area (TPSA) is 103 Å². The number of rotatable bonds is 7. The largest absolute Gasteiger partial charge is 0.383 e. The maximum Gasteiger partial charge on any atom is 0.351 e. The van der Waals surface area contributed by atoms with Crippen LogP contribution in [0, 0.1) is 6.92 Å². The Hall–Kier alpha value is -1.25. The minimum absolute atomic E-state index is 0.130. The molecule has 1 fully saturated rings. The quantitative estimate of drug-likeness (QED) is 0.674. The molecule has 1 saturated heterocycles. The number of nitrogens with two attached hydrogens (primary N) is 1. The van der Waals surface area contributed by atoms with Gasteiger partial charge in [-0.3, -0.25) is 14.0 Å². The van der Waals surface area contributed by atoms with Crippen LogP contribution in [0.3, 0.4) is 0 Å². The Kier molecular flexibility index (Phi) is 7.44. The highest BCUT2D eigenvalue weighted by atomic mass is 31.2. The van der Waals surface area contributed by atoms with Crippen molar-refractivity contribution in [3.8, 4) is 0 Å². The molecule has 160 valence electrons. The lowest BCUT2D eigenvalue weighted by Crippen LogP contribution is -2.51. The number of aromatic nitrogens is 2. The van der Waals surface area contributed by atoms with Crippen LogP contribution < -0.4 is 11.4 Å². The zero-order chi connectivity index (χ0) is 21.2. The van der Waals surface area contributed by atoms with Crippen molar-refractivity contribution in [1.82, 2.24) is 19.1 Å². The summed E-state index contributed by atoms with van der Waals surface area (Å²) in [5.74, 6) is 0.224. The summed E-state index contributed by atoms with van der Waals surface area (Å²) in [5.41, 5.74) is 5.89. The van der Waals surface area contributed by atoms with Crippen molar-refractivity contribution in [1.29, 1.82) is 0 Å². The third kappa shape index (κ3) is 5.02. The molecule has 28 heavy (non-hydrogen) atoms. The molecule has 1 aromatic heterocycles. The summed E-state index contributed by atoms with van der Waals surface area (Å²) in [6.45, 7) is 11.1. The van der Waals surface area contributed by atoms with Crippen LogP contribution in [-0.4, -0.2) is 70.7 Å². The summed E-state index contributed by atoms with van der Waals surface area (Å²) >= 11 is 0. The van der Waals surface area contributed by atoms with Crippen LogP contribution in [0.4, 0.5) is 5.82 Å². The fraction of sp³-hybridized carbons (Fsp3) is 0.778. The molecule has 2 heterocycles. The van der Waals surface area contributed by atoms with Crippen LogP contribution in [0.25, 0.3) is 0 Å². The number of nitrogen functional groups attached to an aromatic ring is 1. The van der Waals surface area contributed by atoms with Gasteiger partial charge in [0.2, 0.25) is 0 Å². The normalized spacial score (nSPS) is 23.5. The van der Waals surface area contributed by atoms with Crippen LogP contribution in [0.5, 0.6) is 0 Å². The fourth-order valence-corrected chi connectivity index (χ4v) is 5.05. The first kappa shape index (κ1) is 23.0. The summed E-state index contributed by atoms with van der Waals surface area (Å²) in [6.07, 6.45) is 0.843. The van der Waals surface area contributed by atoms with E-state index in [-0.39, 0.29) is 30.2 Å². The van der Waals surface area contributed by atoms with Crippen molar-refractivity contribution in [3.05, 3.63) is 22.2 Å². The Balaban J connectivity index is 2.23. The zero-order valence-corrected chi connectivity index (χ0v) is 18.8. The molecule has 0 saturated carbocycles.